The number of aryl methyl sites for hydroxylation is 1. The van der Waals surface area contributed by atoms with Crippen LogP contribution in [0.5, 0.6) is 11.5 Å². The molecule has 0 aliphatic heterocycles. The molecule has 0 bridgehead atoms. The van der Waals surface area contributed by atoms with E-state index in [1.54, 1.807) is 37.5 Å². The molecule has 1 aromatic heterocycles. The zero-order chi connectivity index (χ0) is 28.5. The summed E-state index contributed by atoms with van der Waals surface area (Å²) in [6.07, 6.45) is 4.12. The molecule has 16 heteroatoms. The summed E-state index contributed by atoms with van der Waals surface area (Å²) in [5.74, 6) is 0.0118. The second-order valence-electron chi connectivity index (χ2n) is 8.46. The molecule has 0 radical (unpaired) electrons. The van der Waals surface area contributed by atoms with Crippen molar-refractivity contribution in [2.45, 2.75) is 29.6 Å². The van der Waals surface area contributed by atoms with Crippen molar-refractivity contribution in [1.29, 1.82) is 5.41 Å². The lowest BCUT2D eigenvalue weighted by Gasteiger charge is -2.19. The van der Waals surface area contributed by atoms with Gasteiger partial charge >= 0.3 is 10.1 Å². The maximum absolute atomic E-state index is 13.4. The Hall–Kier alpha value is -3.14. The Kier molecular flexibility index (Phi) is 14.3. The third-order valence-electron chi connectivity index (χ3n) is 5.34. The van der Waals surface area contributed by atoms with Gasteiger partial charge in [-0.3, -0.25) is 15.2 Å². The van der Waals surface area contributed by atoms with E-state index in [4.69, 9.17) is 24.9 Å². The highest BCUT2D eigenvalue weighted by molar-refractivity contribution is 7.91. The fourth-order valence-corrected chi connectivity index (χ4v) is 6.32. The van der Waals surface area contributed by atoms with Crippen molar-refractivity contribution in [1.82, 2.24) is 14.8 Å². The Labute approximate surface area is 252 Å². The Morgan fingerprint density at radius 1 is 0.976 bits per heavy atom. The van der Waals surface area contributed by atoms with Crippen molar-refractivity contribution in [2.75, 3.05) is 26.8 Å². The molecule has 1 heterocycles. The number of guanidine groups is 1. The molecule has 4 N–H and O–H groups in total. The summed E-state index contributed by atoms with van der Waals surface area (Å²) in [7, 11) is -7.30. The van der Waals surface area contributed by atoms with Crippen molar-refractivity contribution in [2.24, 2.45) is 5.73 Å². The van der Waals surface area contributed by atoms with Gasteiger partial charge in [-0.15, -0.1) is 24.8 Å². The third-order valence-corrected chi connectivity index (χ3v) is 8.69. The first kappa shape index (κ1) is 35.9. The maximum atomic E-state index is 13.4. The number of aromatic nitrogens is 1. The number of nitrogens with zero attached hydrogens (tertiary/aromatic N) is 2. The molecule has 0 saturated carbocycles. The Balaban J connectivity index is 0.00000420. The molecule has 3 rings (SSSR count). The van der Waals surface area contributed by atoms with E-state index in [-0.39, 0.29) is 61.2 Å². The van der Waals surface area contributed by atoms with Gasteiger partial charge in [0, 0.05) is 38.5 Å². The van der Waals surface area contributed by atoms with Gasteiger partial charge < -0.3 is 14.7 Å². The number of rotatable bonds is 14. The first-order chi connectivity index (χ1) is 18.5. The van der Waals surface area contributed by atoms with E-state index in [0.29, 0.717) is 24.2 Å². The minimum Gasteiger partial charge on any atom is -0.493 e. The van der Waals surface area contributed by atoms with Crippen molar-refractivity contribution in [3.05, 3.63) is 78.1 Å². The van der Waals surface area contributed by atoms with E-state index in [0.717, 1.165) is 9.87 Å². The largest absolute Gasteiger partial charge is 0.493 e. The van der Waals surface area contributed by atoms with E-state index in [1.807, 2.05) is 0 Å². The van der Waals surface area contributed by atoms with Gasteiger partial charge in [0.25, 0.3) is 0 Å². The van der Waals surface area contributed by atoms with Gasteiger partial charge in [0.1, 0.15) is 21.3 Å². The van der Waals surface area contributed by atoms with E-state index in [1.165, 1.54) is 43.4 Å². The molecule has 0 unspecified atom stereocenters. The second kappa shape index (κ2) is 16.3. The summed E-state index contributed by atoms with van der Waals surface area (Å²) in [5.41, 5.74) is 8.90. The molecule has 0 amide bonds. The third kappa shape index (κ3) is 10.6. The van der Waals surface area contributed by atoms with Crippen LogP contribution in [0.25, 0.3) is 0 Å². The lowest BCUT2D eigenvalue weighted by atomic mass is 10.2. The van der Waals surface area contributed by atoms with E-state index in [2.05, 4.69) is 10.5 Å². The van der Waals surface area contributed by atoms with Crippen LogP contribution in [0.15, 0.2) is 76.8 Å². The number of ether oxygens (including phenoxy) is 1. The van der Waals surface area contributed by atoms with Crippen LogP contribution in [-0.4, -0.2) is 58.9 Å². The fourth-order valence-electron chi connectivity index (χ4n) is 3.46. The Morgan fingerprint density at radius 3 is 2.27 bits per heavy atom. The van der Waals surface area contributed by atoms with Crippen LogP contribution in [0.2, 0.25) is 0 Å². The number of nitrogens with two attached hydrogens (primary N) is 1. The average molecular weight is 651 g/mol. The molecule has 0 aliphatic rings. The van der Waals surface area contributed by atoms with E-state index < -0.39 is 25.0 Å². The molecule has 41 heavy (non-hydrogen) atoms. The second-order valence-corrected chi connectivity index (χ2v) is 12.0. The molecule has 0 aliphatic carbocycles. The number of likely N-dealkylation sites (N-methyl/N-ethyl adjacent to an activating group) is 1. The van der Waals surface area contributed by atoms with Crippen LogP contribution >= 0.6 is 24.8 Å². The monoisotopic (exact) mass is 649 g/mol. The maximum Gasteiger partial charge on any atom is 0.340 e. The molecule has 0 fully saturated rings. The van der Waals surface area contributed by atoms with Crippen molar-refractivity contribution in [3.8, 4) is 11.5 Å². The van der Waals surface area contributed by atoms with Gasteiger partial charge in [-0.05, 0) is 60.9 Å². The lowest BCUT2D eigenvalue weighted by molar-refractivity contribution is 0.0733. The number of pyridine rings is 1. The molecule has 0 atom stereocenters. The van der Waals surface area contributed by atoms with E-state index in [9.17, 15) is 16.8 Å². The van der Waals surface area contributed by atoms with Crippen LogP contribution in [0.4, 0.5) is 0 Å². The van der Waals surface area contributed by atoms with Crippen molar-refractivity contribution in [3.63, 3.8) is 0 Å². The quantitative estimate of drug-likeness (QED) is 0.0774. The predicted octanol–water partition coefficient (Wildman–Crippen LogP) is 3.05. The summed E-state index contributed by atoms with van der Waals surface area (Å²) >= 11 is 0. The summed E-state index contributed by atoms with van der Waals surface area (Å²) in [5, 5.41) is 7.02. The average Bonchev–Trinajstić information content (AvgIpc) is 2.89. The first-order valence-corrected chi connectivity index (χ1v) is 14.7. The van der Waals surface area contributed by atoms with Gasteiger partial charge in [-0.25, -0.2) is 18.2 Å². The topological polar surface area (TPSA) is 174 Å². The summed E-state index contributed by atoms with van der Waals surface area (Å²) in [6, 6.07) is 13.5. The molecule has 0 spiro atoms. The minimum absolute atomic E-state index is 0. The smallest absolute Gasteiger partial charge is 0.340 e. The Bertz CT molecular complexity index is 1500. The van der Waals surface area contributed by atoms with Crippen molar-refractivity contribution < 1.29 is 30.6 Å². The number of hydrogen-bond donors (Lipinski definition) is 3. The van der Waals surface area contributed by atoms with Gasteiger partial charge in [0.05, 0.1) is 13.2 Å². The van der Waals surface area contributed by atoms with Crippen molar-refractivity contribution >= 4 is 50.9 Å². The van der Waals surface area contributed by atoms with Crippen LogP contribution in [0, 0.1) is 12.3 Å². The van der Waals surface area contributed by atoms with Gasteiger partial charge in [0.2, 0.25) is 16.0 Å². The lowest BCUT2D eigenvalue weighted by Crippen LogP contribution is -2.30. The minimum atomic E-state index is -4.53. The van der Waals surface area contributed by atoms with Gasteiger partial charge in [-0.2, -0.15) is 8.42 Å². The highest BCUT2D eigenvalue weighted by atomic mass is 35.5. The standard InChI is InChI=1S/C25H31N5O7S2.2ClH/c1-19-16-21(35-14-5-15-36-29-25(26)27)18-22(17-19)37-39(33,34)24-7-4-3-6-23(24)38(31,32)30(2)13-10-20-8-11-28-12-9-20;;/h3-4,6-9,11-12,16-18H,5,10,13-15H2,1-2H3,(H4,26,27,29);2*1H. The molecule has 0 saturated heterocycles. The SMILES string of the molecule is Cc1cc(OCCCONC(=N)N)cc(OS(=O)(=O)c2ccccc2S(=O)(=O)N(C)CCc2ccncc2)c1.Cl.Cl. The first-order valence-electron chi connectivity index (χ1n) is 11.8. The summed E-state index contributed by atoms with van der Waals surface area (Å²) in [6.45, 7) is 2.34. The van der Waals surface area contributed by atoms with Crippen LogP contribution in [-0.2, 0) is 31.4 Å². The molecule has 12 nitrogen and oxygen atoms in total. The summed E-state index contributed by atoms with van der Waals surface area (Å²) in [4.78, 5) is 8.04. The molecule has 226 valence electrons. The number of hydrogen-bond acceptors (Lipinski definition) is 9. The number of hydroxylamine groups is 1. The van der Waals surface area contributed by atoms with Crippen LogP contribution in [0.1, 0.15) is 17.5 Å². The molecule has 2 aromatic carbocycles. The van der Waals surface area contributed by atoms with E-state index >= 15 is 0 Å². The predicted molar refractivity (Wildman–Crippen MR) is 159 cm³/mol. The van der Waals surface area contributed by atoms with Crippen LogP contribution in [0.3, 0.4) is 0 Å². The van der Waals surface area contributed by atoms with Gasteiger partial charge in [0.15, 0.2) is 0 Å². The fraction of sp³-hybridized carbons (Fsp3) is 0.280. The molecular weight excluding hydrogens is 617 g/mol. The highest BCUT2D eigenvalue weighted by Gasteiger charge is 2.30. The highest BCUT2D eigenvalue weighted by Crippen LogP contribution is 2.29. The number of benzene rings is 2. The summed E-state index contributed by atoms with van der Waals surface area (Å²) < 4.78 is 65.4. The van der Waals surface area contributed by atoms with Crippen LogP contribution < -0.4 is 20.1 Å². The number of sulfonamides is 1. The zero-order valence-electron chi connectivity index (χ0n) is 22.3. The molecule has 3 aromatic rings. The Morgan fingerprint density at radius 2 is 1.61 bits per heavy atom. The molecular formula is C25H33Cl2N5O7S2. The number of nitrogens with one attached hydrogen (secondary N) is 2. The number of halogens is 2. The zero-order valence-corrected chi connectivity index (χ0v) is 25.6. The van der Waals surface area contributed by atoms with Gasteiger partial charge in [-0.1, -0.05) is 12.1 Å². The normalized spacial score (nSPS) is 11.2.